The van der Waals surface area contributed by atoms with Gasteiger partial charge < -0.3 is 15.2 Å². The quantitative estimate of drug-likeness (QED) is 0.833. The minimum Gasteiger partial charge on any atom is -0.494 e. The molecule has 1 aromatic rings. The van der Waals surface area contributed by atoms with Crippen LogP contribution in [0, 0.1) is 11.8 Å². The third-order valence-corrected chi connectivity index (χ3v) is 3.49. The van der Waals surface area contributed by atoms with Gasteiger partial charge in [-0.1, -0.05) is 12.1 Å². The average Bonchev–Trinajstić information content (AvgIpc) is 3.20. The molecule has 1 aliphatic carbocycles. The number of amides is 1. The molecule has 0 bridgehead atoms. The minimum absolute atomic E-state index is 0.145. The van der Waals surface area contributed by atoms with Crippen LogP contribution in [0.1, 0.15) is 31.9 Å². The van der Waals surface area contributed by atoms with Crippen LogP contribution in [0.25, 0.3) is 0 Å². The summed E-state index contributed by atoms with van der Waals surface area (Å²) in [4.78, 5) is 22.6. The van der Waals surface area contributed by atoms with Crippen molar-refractivity contribution in [2.75, 3.05) is 6.61 Å². The molecule has 1 amide bonds. The van der Waals surface area contributed by atoms with E-state index in [2.05, 4.69) is 5.32 Å². The highest BCUT2D eigenvalue weighted by molar-refractivity contribution is 5.89. The molecule has 0 aromatic heterocycles. The topological polar surface area (TPSA) is 75.6 Å². The van der Waals surface area contributed by atoms with Crippen LogP contribution in [0.5, 0.6) is 5.75 Å². The van der Waals surface area contributed by atoms with E-state index in [1.807, 2.05) is 38.1 Å². The zero-order chi connectivity index (χ0) is 14.7. The molecule has 0 aliphatic heterocycles. The smallest absolute Gasteiger partial charge is 0.307 e. The molecule has 0 heterocycles. The van der Waals surface area contributed by atoms with Crippen molar-refractivity contribution >= 4 is 11.9 Å². The molecule has 1 fully saturated rings. The second-order valence-corrected chi connectivity index (χ2v) is 5.02. The molecule has 5 nitrogen and oxygen atoms in total. The Labute approximate surface area is 117 Å². The van der Waals surface area contributed by atoms with Crippen LogP contribution in [0.3, 0.4) is 0 Å². The molecule has 2 rings (SSSR count). The van der Waals surface area contributed by atoms with Crippen molar-refractivity contribution in [1.29, 1.82) is 0 Å². The molecule has 2 N–H and O–H groups in total. The molecule has 5 heteroatoms. The fraction of sp³-hybridized carbons (Fsp3) is 0.467. The highest BCUT2D eigenvalue weighted by Crippen LogP contribution is 2.39. The summed E-state index contributed by atoms with van der Waals surface area (Å²) in [5.41, 5.74) is 0.967. The van der Waals surface area contributed by atoms with E-state index in [1.54, 1.807) is 0 Å². The van der Waals surface area contributed by atoms with E-state index in [0.29, 0.717) is 13.0 Å². The van der Waals surface area contributed by atoms with Gasteiger partial charge in [-0.25, -0.2) is 0 Å². The van der Waals surface area contributed by atoms with Crippen LogP contribution < -0.4 is 10.1 Å². The number of carbonyl (C=O) groups excluding carboxylic acids is 1. The van der Waals surface area contributed by atoms with Crippen molar-refractivity contribution in [2.24, 2.45) is 11.8 Å². The second-order valence-electron chi connectivity index (χ2n) is 5.02. The number of rotatable bonds is 6. The first kappa shape index (κ1) is 14.4. The zero-order valence-electron chi connectivity index (χ0n) is 11.6. The Bertz CT molecular complexity index is 497. The fourth-order valence-corrected chi connectivity index (χ4v) is 2.18. The molecule has 1 aliphatic rings. The number of aliphatic carboxylic acids is 1. The summed E-state index contributed by atoms with van der Waals surface area (Å²) >= 11 is 0. The van der Waals surface area contributed by atoms with Crippen molar-refractivity contribution in [3.63, 3.8) is 0 Å². The Hall–Kier alpha value is -2.04. The maximum absolute atomic E-state index is 11.9. The monoisotopic (exact) mass is 277 g/mol. The molecule has 0 saturated heterocycles. The summed E-state index contributed by atoms with van der Waals surface area (Å²) in [6.45, 7) is 4.42. The largest absolute Gasteiger partial charge is 0.494 e. The molecule has 1 unspecified atom stereocenters. The molecule has 3 atom stereocenters. The summed E-state index contributed by atoms with van der Waals surface area (Å²) in [6.07, 6.45) is 0.442. The lowest BCUT2D eigenvalue weighted by Gasteiger charge is -2.15. The Morgan fingerprint density at radius 1 is 1.35 bits per heavy atom. The fourth-order valence-electron chi connectivity index (χ4n) is 2.18. The first-order chi connectivity index (χ1) is 9.52. The van der Waals surface area contributed by atoms with Crippen LogP contribution in [-0.4, -0.2) is 23.6 Å². The molecule has 20 heavy (non-hydrogen) atoms. The summed E-state index contributed by atoms with van der Waals surface area (Å²) in [5, 5.41) is 11.7. The summed E-state index contributed by atoms with van der Waals surface area (Å²) < 4.78 is 5.36. The predicted octanol–water partition coefficient (Wildman–Crippen LogP) is 1.98. The van der Waals surface area contributed by atoms with Crippen LogP contribution in [-0.2, 0) is 9.59 Å². The van der Waals surface area contributed by atoms with E-state index >= 15 is 0 Å². The van der Waals surface area contributed by atoms with Crippen LogP contribution in [0.2, 0.25) is 0 Å². The molecular weight excluding hydrogens is 258 g/mol. The van der Waals surface area contributed by atoms with Gasteiger partial charge >= 0.3 is 5.97 Å². The third kappa shape index (κ3) is 3.29. The number of carboxylic acid groups (broad SMARTS) is 1. The van der Waals surface area contributed by atoms with Crippen LogP contribution in [0.4, 0.5) is 0 Å². The van der Waals surface area contributed by atoms with Crippen molar-refractivity contribution in [3.05, 3.63) is 29.8 Å². The van der Waals surface area contributed by atoms with Crippen LogP contribution in [0.15, 0.2) is 24.3 Å². The first-order valence-electron chi connectivity index (χ1n) is 6.79. The van der Waals surface area contributed by atoms with Gasteiger partial charge in [0.05, 0.1) is 24.5 Å². The van der Waals surface area contributed by atoms with Gasteiger partial charge in [-0.3, -0.25) is 9.59 Å². The minimum atomic E-state index is -0.890. The van der Waals surface area contributed by atoms with Gasteiger partial charge in [0.1, 0.15) is 5.75 Å². The van der Waals surface area contributed by atoms with Crippen molar-refractivity contribution in [2.45, 2.75) is 26.3 Å². The molecule has 1 aromatic carbocycles. The predicted molar refractivity (Wildman–Crippen MR) is 73.4 cm³/mol. The van der Waals surface area contributed by atoms with Crippen molar-refractivity contribution < 1.29 is 19.4 Å². The summed E-state index contributed by atoms with van der Waals surface area (Å²) in [6, 6.07) is 7.38. The van der Waals surface area contributed by atoms with Gasteiger partial charge in [-0.2, -0.15) is 0 Å². The van der Waals surface area contributed by atoms with Gasteiger partial charge in [-0.05, 0) is 38.0 Å². The maximum Gasteiger partial charge on any atom is 0.307 e. The highest BCUT2D eigenvalue weighted by atomic mass is 16.5. The number of hydrogen-bond donors (Lipinski definition) is 2. The van der Waals surface area contributed by atoms with Gasteiger partial charge in [-0.15, -0.1) is 0 Å². The molecule has 1 saturated carbocycles. The SMILES string of the molecule is CCOc1ccc(C(C)NC(=O)[C@@H]2C[C@@H]2C(=O)O)cc1. The van der Waals surface area contributed by atoms with E-state index in [4.69, 9.17) is 9.84 Å². The Morgan fingerprint density at radius 2 is 2.00 bits per heavy atom. The van der Waals surface area contributed by atoms with Gasteiger partial charge in [0.2, 0.25) is 5.91 Å². The third-order valence-electron chi connectivity index (χ3n) is 3.49. The first-order valence-corrected chi connectivity index (χ1v) is 6.79. The normalized spacial score (nSPS) is 21.9. The van der Waals surface area contributed by atoms with Gasteiger partial charge in [0, 0.05) is 0 Å². The number of benzene rings is 1. The van der Waals surface area contributed by atoms with E-state index in [0.717, 1.165) is 11.3 Å². The lowest BCUT2D eigenvalue weighted by atomic mass is 10.1. The van der Waals surface area contributed by atoms with Gasteiger partial charge in [0.15, 0.2) is 0 Å². The Morgan fingerprint density at radius 3 is 2.50 bits per heavy atom. The molecule has 0 radical (unpaired) electrons. The van der Waals surface area contributed by atoms with E-state index in [1.165, 1.54) is 0 Å². The molecule has 108 valence electrons. The second kappa shape index (κ2) is 5.94. The summed E-state index contributed by atoms with van der Waals surface area (Å²) in [5.74, 6) is -1.17. The average molecular weight is 277 g/mol. The number of hydrogen-bond acceptors (Lipinski definition) is 3. The molecule has 0 spiro atoms. The van der Waals surface area contributed by atoms with Crippen molar-refractivity contribution in [3.8, 4) is 5.75 Å². The lowest BCUT2D eigenvalue weighted by molar-refractivity contribution is -0.140. The Kier molecular flexibility index (Phi) is 4.27. The summed E-state index contributed by atoms with van der Waals surface area (Å²) in [7, 11) is 0. The van der Waals surface area contributed by atoms with E-state index in [9.17, 15) is 9.59 Å². The van der Waals surface area contributed by atoms with Crippen LogP contribution >= 0.6 is 0 Å². The maximum atomic E-state index is 11.9. The number of nitrogens with one attached hydrogen (secondary N) is 1. The van der Waals surface area contributed by atoms with Gasteiger partial charge in [0.25, 0.3) is 0 Å². The number of ether oxygens (including phenoxy) is 1. The lowest BCUT2D eigenvalue weighted by Crippen LogP contribution is -2.29. The van der Waals surface area contributed by atoms with E-state index < -0.39 is 11.9 Å². The Balaban J connectivity index is 1.90. The molecular formula is C15H19NO4. The van der Waals surface area contributed by atoms with Crippen molar-refractivity contribution in [1.82, 2.24) is 5.32 Å². The zero-order valence-corrected chi connectivity index (χ0v) is 11.6. The highest BCUT2D eigenvalue weighted by Gasteiger charge is 2.48. The standard InChI is InChI=1S/C15H19NO4/c1-3-20-11-6-4-10(5-7-11)9(2)16-14(17)12-8-13(12)15(18)19/h4-7,9,12-13H,3,8H2,1-2H3,(H,16,17)(H,18,19)/t9?,12-,13+/m1/s1. The number of carbonyl (C=O) groups is 2. The van der Waals surface area contributed by atoms with E-state index in [-0.39, 0.29) is 17.9 Å². The number of carboxylic acids is 1.